The van der Waals surface area contributed by atoms with Crippen LogP contribution in [0.15, 0.2) is 66.7 Å². The number of aliphatic hydroxyl groups is 4. The highest BCUT2D eigenvalue weighted by Crippen LogP contribution is 2.48. The monoisotopic (exact) mass is 686 g/mol. The van der Waals surface area contributed by atoms with E-state index in [0.717, 1.165) is 43.9 Å². The molecule has 3 aromatic rings. The summed E-state index contributed by atoms with van der Waals surface area (Å²) in [5.74, 6) is -1.10. The van der Waals surface area contributed by atoms with Gasteiger partial charge in [-0.1, -0.05) is 49.2 Å². The number of benzene rings is 3. The molecule has 10 nitrogen and oxygen atoms in total. The number of carbonyl (C=O) groups is 1. The van der Waals surface area contributed by atoms with Gasteiger partial charge in [-0.3, -0.25) is 4.79 Å². The number of phenolic OH excluding ortho intramolecular Hbond substituents is 1. The SMILES string of the molecule is CS(=O)(=O)NCCCCCCc1ccc(N2C(=O)[C@H](CC[C@H](O)c3ccc(F)cc3)[C@H]2c2ccc(CCC(O)(CO)CO)cc2O)cc1. The Morgan fingerprint density at radius 1 is 0.917 bits per heavy atom. The largest absolute Gasteiger partial charge is 0.508 e. The van der Waals surface area contributed by atoms with Crippen molar-refractivity contribution in [2.24, 2.45) is 5.92 Å². The number of unbranched alkanes of at least 4 members (excludes halogenated alkanes) is 3. The number of β-lactam (4-membered cyclic amide) rings is 1. The van der Waals surface area contributed by atoms with E-state index < -0.39 is 52.7 Å². The second-order valence-electron chi connectivity index (χ2n) is 12.8. The Kier molecular flexibility index (Phi) is 13.1. The molecule has 0 radical (unpaired) electrons. The molecule has 0 aromatic heterocycles. The van der Waals surface area contributed by atoms with Gasteiger partial charge in [0.1, 0.15) is 17.2 Å². The number of sulfonamides is 1. The third-order valence-electron chi connectivity index (χ3n) is 9.07. The number of nitrogens with zero attached hydrogens (tertiary/aromatic N) is 1. The Balaban J connectivity index is 1.46. The van der Waals surface area contributed by atoms with Crippen LogP contribution in [0.4, 0.5) is 10.1 Å². The van der Waals surface area contributed by atoms with E-state index in [0.29, 0.717) is 41.8 Å². The predicted molar refractivity (Wildman–Crippen MR) is 181 cm³/mol. The third kappa shape index (κ3) is 10.1. The fourth-order valence-corrected chi connectivity index (χ4v) is 6.65. The van der Waals surface area contributed by atoms with Crippen LogP contribution in [0.2, 0.25) is 0 Å². The maximum Gasteiger partial charge on any atom is 0.233 e. The van der Waals surface area contributed by atoms with Crippen LogP contribution >= 0.6 is 0 Å². The third-order valence-corrected chi connectivity index (χ3v) is 9.80. The van der Waals surface area contributed by atoms with Gasteiger partial charge in [0.05, 0.1) is 37.5 Å². The van der Waals surface area contributed by atoms with E-state index in [1.165, 1.54) is 24.3 Å². The Bertz CT molecular complexity index is 1600. The summed E-state index contributed by atoms with van der Waals surface area (Å²) in [6.07, 6.45) is 5.65. The van der Waals surface area contributed by atoms with Crippen molar-refractivity contribution in [3.63, 3.8) is 0 Å². The molecule has 6 N–H and O–H groups in total. The zero-order valence-corrected chi connectivity index (χ0v) is 28.1. The van der Waals surface area contributed by atoms with Crippen molar-refractivity contribution in [3.05, 3.63) is 94.8 Å². The number of carbonyl (C=O) groups excluding carboxylic acids is 1. The molecule has 3 aromatic carbocycles. The summed E-state index contributed by atoms with van der Waals surface area (Å²) in [6, 6.07) is 17.9. The normalized spacial score (nSPS) is 17.4. The van der Waals surface area contributed by atoms with Gasteiger partial charge in [-0.15, -0.1) is 0 Å². The molecule has 0 bridgehead atoms. The molecule has 12 heteroatoms. The maximum atomic E-state index is 13.6. The molecule has 4 rings (SSSR count). The number of rotatable bonds is 19. The van der Waals surface area contributed by atoms with Crippen LogP contribution in [0, 0.1) is 11.7 Å². The molecule has 1 fully saturated rings. The van der Waals surface area contributed by atoms with Gasteiger partial charge < -0.3 is 30.4 Å². The Morgan fingerprint density at radius 2 is 1.56 bits per heavy atom. The first-order chi connectivity index (χ1) is 22.8. The number of hydrogen-bond acceptors (Lipinski definition) is 8. The molecule has 1 aliphatic rings. The van der Waals surface area contributed by atoms with Crippen LogP contribution in [-0.2, 0) is 27.7 Å². The van der Waals surface area contributed by atoms with Crippen LogP contribution in [0.25, 0.3) is 0 Å². The summed E-state index contributed by atoms with van der Waals surface area (Å²) in [5, 5.41) is 51.0. The summed E-state index contributed by atoms with van der Waals surface area (Å²) in [5.41, 5.74) is 1.92. The zero-order chi connectivity index (χ0) is 34.9. The number of nitrogens with one attached hydrogen (secondary N) is 1. The first kappa shape index (κ1) is 37.4. The first-order valence-electron chi connectivity index (χ1n) is 16.4. The fourth-order valence-electron chi connectivity index (χ4n) is 6.13. The molecular formula is C36H47FN2O8S. The lowest BCUT2D eigenvalue weighted by molar-refractivity contribution is -0.131. The molecule has 1 saturated heterocycles. The van der Waals surface area contributed by atoms with E-state index in [1.54, 1.807) is 23.1 Å². The van der Waals surface area contributed by atoms with Gasteiger partial charge in [-0.2, -0.15) is 0 Å². The zero-order valence-electron chi connectivity index (χ0n) is 27.3. The number of hydrogen-bond donors (Lipinski definition) is 6. The van der Waals surface area contributed by atoms with Crippen molar-refractivity contribution in [2.45, 2.75) is 75.5 Å². The summed E-state index contributed by atoms with van der Waals surface area (Å²) in [7, 11) is -3.17. The van der Waals surface area contributed by atoms with E-state index in [-0.39, 0.29) is 24.5 Å². The molecular weight excluding hydrogens is 639 g/mol. The highest BCUT2D eigenvalue weighted by molar-refractivity contribution is 7.88. The van der Waals surface area contributed by atoms with Gasteiger partial charge in [-0.05, 0) is 92.0 Å². The quantitative estimate of drug-likeness (QED) is 0.0812. The second-order valence-corrected chi connectivity index (χ2v) is 14.7. The molecule has 262 valence electrons. The summed E-state index contributed by atoms with van der Waals surface area (Å²) < 4.78 is 38.3. The lowest BCUT2D eigenvalue weighted by Crippen LogP contribution is -2.55. The highest BCUT2D eigenvalue weighted by atomic mass is 32.2. The van der Waals surface area contributed by atoms with Crippen LogP contribution in [0.3, 0.4) is 0 Å². The molecule has 3 atom stereocenters. The lowest BCUT2D eigenvalue weighted by Gasteiger charge is -2.48. The molecule has 1 aliphatic heterocycles. The Hall–Kier alpha value is -3.39. The minimum atomic E-state index is -3.17. The maximum absolute atomic E-state index is 13.6. The van der Waals surface area contributed by atoms with E-state index in [9.17, 15) is 43.1 Å². The summed E-state index contributed by atoms with van der Waals surface area (Å²) in [4.78, 5) is 15.3. The van der Waals surface area contributed by atoms with Crippen molar-refractivity contribution >= 4 is 21.6 Å². The van der Waals surface area contributed by atoms with Gasteiger partial charge in [0.15, 0.2) is 0 Å². The molecule has 48 heavy (non-hydrogen) atoms. The number of aryl methyl sites for hydroxylation is 2. The van der Waals surface area contributed by atoms with E-state index >= 15 is 0 Å². The van der Waals surface area contributed by atoms with E-state index in [2.05, 4.69) is 4.72 Å². The van der Waals surface area contributed by atoms with E-state index in [4.69, 9.17) is 0 Å². The van der Waals surface area contributed by atoms with Gasteiger partial charge in [-0.25, -0.2) is 17.5 Å². The molecule has 1 heterocycles. The van der Waals surface area contributed by atoms with Gasteiger partial charge in [0, 0.05) is 17.8 Å². The number of amides is 1. The molecule has 0 aliphatic carbocycles. The first-order valence-corrected chi connectivity index (χ1v) is 18.3. The number of aromatic hydroxyl groups is 1. The Labute approximate surface area is 281 Å². The molecule has 0 spiro atoms. The van der Waals surface area contributed by atoms with Crippen molar-refractivity contribution in [2.75, 3.05) is 30.9 Å². The van der Waals surface area contributed by atoms with Gasteiger partial charge in [0.2, 0.25) is 15.9 Å². The molecule has 0 unspecified atom stereocenters. The number of halogens is 1. The molecule has 1 amide bonds. The molecule has 0 saturated carbocycles. The lowest BCUT2D eigenvalue weighted by atomic mass is 9.77. The van der Waals surface area contributed by atoms with Crippen molar-refractivity contribution < 1.29 is 43.1 Å². The Morgan fingerprint density at radius 3 is 2.19 bits per heavy atom. The average molecular weight is 687 g/mol. The second kappa shape index (κ2) is 16.8. The minimum absolute atomic E-state index is 0.0287. The summed E-state index contributed by atoms with van der Waals surface area (Å²) >= 11 is 0. The number of phenols is 1. The number of anilines is 1. The van der Waals surface area contributed by atoms with Crippen molar-refractivity contribution in [1.82, 2.24) is 4.72 Å². The predicted octanol–water partition coefficient (Wildman–Crippen LogP) is 4.05. The van der Waals surface area contributed by atoms with Gasteiger partial charge >= 0.3 is 0 Å². The standard InChI is InChI=1S/C36H47FN2O8S/c1-48(46,47)38-21-5-3-2-4-6-25-7-14-29(15-8-25)39-34(30-16-9-26(22-33(30)43)19-20-36(45,23-40)24-41)31(35(39)44)17-18-32(42)27-10-12-28(37)13-11-27/h7-16,22,31-32,34,38,40-43,45H,2-6,17-21,23-24H2,1H3/t31-,32+,34-/m1/s1. The number of aliphatic hydroxyl groups excluding tert-OH is 3. The minimum Gasteiger partial charge on any atom is -0.508 e. The highest BCUT2D eigenvalue weighted by Gasteiger charge is 2.49. The fraction of sp³-hybridized carbons (Fsp3) is 0.472. The summed E-state index contributed by atoms with van der Waals surface area (Å²) in [6.45, 7) is -0.760. The topological polar surface area (TPSA) is 168 Å². The van der Waals surface area contributed by atoms with Crippen LogP contribution in [0.5, 0.6) is 5.75 Å². The van der Waals surface area contributed by atoms with Gasteiger partial charge in [0.25, 0.3) is 0 Å². The van der Waals surface area contributed by atoms with Crippen LogP contribution < -0.4 is 9.62 Å². The average Bonchev–Trinajstić information content (AvgIpc) is 3.06. The van der Waals surface area contributed by atoms with Crippen molar-refractivity contribution in [1.29, 1.82) is 0 Å². The van der Waals surface area contributed by atoms with Crippen LogP contribution in [-0.4, -0.2) is 71.5 Å². The van der Waals surface area contributed by atoms with E-state index in [1.807, 2.05) is 24.3 Å². The van der Waals surface area contributed by atoms with Crippen LogP contribution in [0.1, 0.15) is 79.3 Å². The smallest absolute Gasteiger partial charge is 0.233 e. The van der Waals surface area contributed by atoms with Crippen molar-refractivity contribution in [3.8, 4) is 5.75 Å².